The monoisotopic (exact) mass is 265 g/mol. The summed E-state index contributed by atoms with van der Waals surface area (Å²) in [4.78, 5) is 17.2. The Morgan fingerprint density at radius 1 is 1.47 bits per heavy atom. The van der Waals surface area contributed by atoms with Crippen molar-refractivity contribution in [2.45, 2.75) is 32.2 Å². The molecule has 1 amide bonds. The molecule has 5 nitrogen and oxygen atoms in total. The Labute approximate surface area is 114 Å². The molecular formula is C14H23N3O2. The summed E-state index contributed by atoms with van der Waals surface area (Å²) >= 11 is 0. The molecule has 0 radical (unpaired) electrons. The highest BCUT2D eigenvalue weighted by molar-refractivity contribution is 5.75. The lowest BCUT2D eigenvalue weighted by molar-refractivity contribution is -0.128. The number of aromatic nitrogens is 1. The van der Waals surface area contributed by atoms with Gasteiger partial charge in [-0.25, -0.2) is 0 Å². The van der Waals surface area contributed by atoms with Crippen molar-refractivity contribution in [3.63, 3.8) is 0 Å². The lowest BCUT2D eigenvalue weighted by Gasteiger charge is -2.10. The van der Waals surface area contributed by atoms with Gasteiger partial charge in [-0.05, 0) is 25.5 Å². The molecule has 0 aliphatic carbocycles. The summed E-state index contributed by atoms with van der Waals surface area (Å²) < 4.78 is 5.53. The van der Waals surface area contributed by atoms with E-state index in [-0.39, 0.29) is 11.9 Å². The summed E-state index contributed by atoms with van der Waals surface area (Å²) in [6.07, 6.45) is 3.67. The number of carbonyl (C=O) groups excluding carboxylic acids is 1. The summed E-state index contributed by atoms with van der Waals surface area (Å²) in [5.41, 5.74) is 6.67. The number of carbonyl (C=O) groups is 1. The predicted octanol–water partition coefficient (Wildman–Crippen LogP) is 1.22. The van der Waals surface area contributed by atoms with Gasteiger partial charge in [0.05, 0.1) is 12.8 Å². The second kappa shape index (κ2) is 7.74. The van der Waals surface area contributed by atoms with Crippen molar-refractivity contribution in [3.05, 3.63) is 24.0 Å². The zero-order chi connectivity index (χ0) is 14.3. The van der Waals surface area contributed by atoms with Crippen LogP contribution in [0.4, 0.5) is 0 Å². The van der Waals surface area contributed by atoms with Crippen LogP contribution in [-0.4, -0.2) is 42.5 Å². The number of pyridine rings is 1. The molecule has 0 saturated carbocycles. The molecule has 1 heterocycles. The van der Waals surface area contributed by atoms with E-state index in [4.69, 9.17) is 10.5 Å². The molecule has 0 aromatic carbocycles. The van der Waals surface area contributed by atoms with Gasteiger partial charge in [0.15, 0.2) is 0 Å². The molecule has 5 heteroatoms. The number of hydrogen-bond donors (Lipinski definition) is 1. The van der Waals surface area contributed by atoms with Crippen LogP contribution in [0.3, 0.4) is 0 Å². The van der Waals surface area contributed by atoms with Crippen LogP contribution in [0.5, 0.6) is 5.75 Å². The minimum absolute atomic E-state index is 0.108. The van der Waals surface area contributed by atoms with E-state index in [1.807, 2.05) is 19.1 Å². The van der Waals surface area contributed by atoms with Gasteiger partial charge in [0.1, 0.15) is 5.75 Å². The van der Waals surface area contributed by atoms with Gasteiger partial charge in [-0.15, -0.1) is 0 Å². The largest absolute Gasteiger partial charge is 0.492 e. The zero-order valence-electron chi connectivity index (χ0n) is 11.9. The summed E-state index contributed by atoms with van der Waals surface area (Å²) in [6.45, 7) is 2.47. The minimum atomic E-state index is 0.108. The molecule has 0 spiro atoms. The molecule has 1 unspecified atom stereocenters. The Morgan fingerprint density at radius 2 is 2.21 bits per heavy atom. The first kappa shape index (κ1) is 15.4. The van der Waals surface area contributed by atoms with E-state index >= 15 is 0 Å². The van der Waals surface area contributed by atoms with Crippen LogP contribution in [0.15, 0.2) is 18.3 Å². The normalized spacial score (nSPS) is 12.0. The smallest absolute Gasteiger partial charge is 0.222 e. The second-order valence-electron chi connectivity index (χ2n) is 4.91. The topological polar surface area (TPSA) is 68.5 Å². The fraction of sp³-hybridized carbons (Fsp3) is 0.571. The summed E-state index contributed by atoms with van der Waals surface area (Å²) in [5.74, 6) is 0.847. The number of rotatable bonds is 7. The summed E-state index contributed by atoms with van der Waals surface area (Å²) in [5, 5.41) is 0. The SMILES string of the molecule is CC(N)Cc1ccc(OCCCC(=O)N(C)C)cn1. The van der Waals surface area contributed by atoms with Crippen LogP contribution in [0.1, 0.15) is 25.5 Å². The summed E-state index contributed by atoms with van der Waals surface area (Å²) in [6, 6.07) is 3.92. The molecule has 106 valence electrons. The lowest BCUT2D eigenvalue weighted by atomic mass is 10.2. The lowest BCUT2D eigenvalue weighted by Crippen LogP contribution is -2.21. The molecule has 0 saturated heterocycles. The van der Waals surface area contributed by atoms with Gasteiger partial charge in [0, 0.05) is 38.7 Å². The first-order valence-corrected chi connectivity index (χ1v) is 6.52. The van der Waals surface area contributed by atoms with E-state index in [1.165, 1.54) is 0 Å². The van der Waals surface area contributed by atoms with E-state index in [0.29, 0.717) is 19.4 Å². The Bertz CT molecular complexity index is 388. The first-order chi connectivity index (χ1) is 8.99. The molecule has 1 rings (SSSR count). The quantitative estimate of drug-likeness (QED) is 0.753. The Balaban J connectivity index is 2.28. The fourth-order valence-electron chi connectivity index (χ4n) is 1.58. The van der Waals surface area contributed by atoms with Crippen LogP contribution in [0.2, 0.25) is 0 Å². The van der Waals surface area contributed by atoms with Gasteiger partial charge >= 0.3 is 0 Å². The van der Waals surface area contributed by atoms with Crippen molar-refractivity contribution in [1.82, 2.24) is 9.88 Å². The van der Waals surface area contributed by atoms with Crippen molar-refractivity contribution in [2.24, 2.45) is 5.73 Å². The third-order valence-electron chi connectivity index (χ3n) is 2.63. The number of nitrogens with zero attached hydrogens (tertiary/aromatic N) is 2. The van der Waals surface area contributed by atoms with E-state index in [9.17, 15) is 4.79 Å². The van der Waals surface area contributed by atoms with Crippen molar-refractivity contribution in [2.75, 3.05) is 20.7 Å². The Kier molecular flexibility index (Phi) is 6.29. The average molecular weight is 265 g/mol. The van der Waals surface area contributed by atoms with Gasteiger partial charge in [0.25, 0.3) is 0 Å². The highest BCUT2D eigenvalue weighted by Crippen LogP contribution is 2.10. The predicted molar refractivity (Wildman–Crippen MR) is 75.0 cm³/mol. The second-order valence-corrected chi connectivity index (χ2v) is 4.91. The van der Waals surface area contributed by atoms with E-state index in [2.05, 4.69) is 4.98 Å². The van der Waals surface area contributed by atoms with Crippen LogP contribution in [-0.2, 0) is 11.2 Å². The standard InChI is InChI=1S/C14H23N3O2/c1-11(15)9-12-6-7-13(10-16-12)19-8-4-5-14(18)17(2)3/h6-7,10-11H,4-5,8-9,15H2,1-3H3. The number of nitrogens with two attached hydrogens (primary N) is 1. The highest BCUT2D eigenvalue weighted by atomic mass is 16.5. The maximum Gasteiger partial charge on any atom is 0.222 e. The minimum Gasteiger partial charge on any atom is -0.492 e. The third kappa shape index (κ3) is 6.20. The van der Waals surface area contributed by atoms with E-state index in [1.54, 1.807) is 25.2 Å². The van der Waals surface area contributed by atoms with Crippen molar-refractivity contribution in [3.8, 4) is 5.75 Å². The van der Waals surface area contributed by atoms with Crippen LogP contribution < -0.4 is 10.5 Å². The van der Waals surface area contributed by atoms with Crippen molar-refractivity contribution in [1.29, 1.82) is 0 Å². The number of ether oxygens (including phenoxy) is 1. The fourth-order valence-corrected chi connectivity index (χ4v) is 1.58. The zero-order valence-corrected chi connectivity index (χ0v) is 11.9. The molecule has 2 N–H and O–H groups in total. The Morgan fingerprint density at radius 3 is 2.74 bits per heavy atom. The molecule has 0 aliphatic heterocycles. The van der Waals surface area contributed by atoms with Gasteiger partial charge in [-0.1, -0.05) is 0 Å². The number of amides is 1. The van der Waals surface area contributed by atoms with Gasteiger partial charge in [0.2, 0.25) is 5.91 Å². The molecule has 0 aliphatic rings. The van der Waals surface area contributed by atoms with Crippen LogP contribution in [0, 0.1) is 0 Å². The van der Waals surface area contributed by atoms with Crippen molar-refractivity contribution >= 4 is 5.91 Å². The molecule has 1 aromatic rings. The van der Waals surface area contributed by atoms with E-state index in [0.717, 1.165) is 17.9 Å². The Hall–Kier alpha value is -1.62. The number of hydrogen-bond acceptors (Lipinski definition) is 4. The first-order valence-electron chi connectivity index (χ1n) is 6.52. The van der Waals surface area contributed by atoms with Gasteiger partial charge < -0.3 is 15.4 Å². The van der Waals surface area contributed by atoms with Gasteiger partial charge in [-0.3, -0.25) is 9.78 Å². The van der Waals surface area contributed by atoms with Gasteiger partial charge in [-0.2, -0.15) is 0 Å². The molecular weight excluding hydrogens is 242 g/mol. The van der Waals surface area contributed by atoms with Crippen molar-refractivity contribution < 1.29 is 9.53 Å². The highest BCUT2D eigenvalue weighted by Gasteiger charge is 2.04. The maximum atomic E-state index is 11.3. The van der Waals surface area contributed by atoms with Crippen LogP contribution in [0.25, 0.3) is 0 Å². The third-order valence-corrected chi connectivity index (χ3v) is 2.63. The van der Waals surface area contributed by atoms with Crippen LogP contribution >= 0.6 is 0 Å². The molecule has 0 bridgehead atoms. The molecule has 1 atom stereocenters. The molecule has 1 aromatic heterocycles. The molecule has 0 fully saturated rings. The maximum absolute atomic E-state index is 11.3. The van der Waals surface area contributed by atoms with E-state index < -0.39 is 0 Å². The molecule has 19 heavy (non-hydrogen) atoms. The average Bonchev–Trinajstić information content (AvgIpc) is 2.35. The summed E-state index contributed by atoms with van der Waals surface area (Å²) in [7, 11) is 3.51.